The van der Waals surface area contributed by atoms with E-state index in [1.807, 2.05) is 24.3 Å². The summed E-state index contributed by atoms with van der Waals surface area (Å²) in [6, 6.07) is 17.0. The summed E-state index contributed by atoms with van der Waals surface area (Å²) >= 11 is 1.50. The Labute approximate surface area is 212 Å². The third kappa shape index (κ3) is 6.19. The van der Waals surface area contributed by atoms with Gasteiger partial charge in [-0.1, -0.05) is 30.0 Å². The number of pyridine rings is 1. The Hall–Kier alpha value is -3.49. The van der Waals surface area contributed by atoms with E-state index in [9.17, 15) is 18.4 Å². The van der Waals surface area contributed by atoms with Crippen LogP contribution in [0.1, 0.15) is 31.0 Å². The number of allylic oxidation sites excluding steroid dienone is 4. The molecule has 0 spiro atoms. The lowest BCUT2D eigenvalue weighted by molar-refractivity contribution is -0.117. The van der Waals surface area contributed by atoms with Crippen molar-refractivity contribution in [3.05, 3.63) is 106 Å². The molecule has 0 aliphatic heterocycles. The minimum absolute atomic E-state index is 0.181. The molecule has 1 amide bonds. The molecule has 0 bridgehead atoms. The zero-order chi connectivity index (χ0) is 25.7. The topological polar surface area (TPSA) is 63.1 Å². The van der Waals surface area contributed by atoms with E-state index in [4.69, 9.17) is 0 Å². The Morgan fingerprint density at radius 2 is 1.81 bits per heavy atom. The van der Waals surface area contributed by atoms with Gasteiger partial charge in [0.2, 0.25) is 5.91 Å². The quantitative estimate of drug-likeness (QED) is 0.407. The molecule has 2 aromatic carbocycles. The maximum Gasteiger partial charge on any atom is 0.275 e. The molecule has 36 heavy (non-hydrogen) atoms. The third-order valence-electron chi connectivity index (χ3n) is 5.97. The average Bonchev–Trinajstić information content (AvgIpc) is 2.88. The number of hydrogen-bond donors (Lipinski definition) is 2. The number of nitrogens with zero attached hydrogens (tertiary/aromatic N) is 1. The Balaban J connectivity index is 1.69. The highest BCUT2D eigenvalue weighted by atomic mass is 32.2. The highest BCUT2D eigenvalue weighted by molar-refractivity contribution is 7.99. The Morgan fingerprint density at radius 3 is 2.50 bits per heavy atom. The van der Waals surface area contributed by atoms with Crippen LogP contribution in [0.25, 0.3) is 5.57 Å². The predicted octanol–water partition coefficient (Wildman–Crippen LogP) is 5.76. The van der Waals surface area contributed by atoms with E-state index in [0.29, 0.717) is 12.1 Å². The van der Waals surface area contributed by atoms with Crippen molar-refractivity contribution in [1.29, 1.82) is 0 Å². The van der Waals surface area contributed by atoms with Crippen LogP contribution >= 0.6 is 11.8 Å². The van der Waals surface area contributed by atoms with Crippen molar-refractivity contribution in [2.24, 2.45) is 0 Å². The fourth-order valence-corrected chi connectivity index (χ4v) is 4.74. The van der Waals surface area contributed by atoms with Gasteiger partial charge in [-0.2, -0.15) is 0 Å². The van der Waals surface area contributed by atoms with Crippen LogP contribution in [0.2, 0.25) is 0 Å². The molecule has 0 unspecified atom stereocenters. The second kappa shape index (κ2) is 11.5. The predicted molar refractivity (Wildman–Crippen MR) is 140 cm³/mol. The van der Waals surface area contributed by atoms with E-state index in [-0.39, 0.29) is 41.8 Å². The highest BCUT2D eigenvalue weighted by Gasteiger charge is 2.18. The van der Waals surface area contributed by atoms with Crippen molar-refractivity contribution in [2.45, 2.75) is 42.1 Å². The van der Waals surface area contributed by atoms with E-state index < -0.39 is 6.04 Å². The van der Waals surface area contributed by atoms with Crippen molar-refractivity contribution < 1.29 is 13.6 Å². The molecule has 2 N–H and O–H groups in total. The van der Waals surface area contributed by atoms with Crippen LogP contribution in [-0.2, 0) is 11.3 Å². The maximum absolute atomic E-state index is 13.6. The number of halogens is 2. The van der Waals surface area contributed by atoms with Gasteiger partial charge in [0.1, 0.15) is 17.3 Å². The van der Waals surface area contributed by atoms with Crippen molar-refractivity contribution in [3.8, 4) is 0 Å². The molecule has 1 aromatic heterocycles. The fourth-order valence-electron chi connectivity index (χ4n) is 3.84. The molecule has 8 heteroatoms. The van der Waals surface area contributed by atoms with E-state index >= 15 is 0 Å². The lowest BCUT2D eigenvalue weighted by atomic mass is 10.00. The molecular weight excluding hydrogens is 480 g/mol. The van der Waals surface area contributed by atoms with Gasteiger partial charge in [-0.25, -0.2) is 8.78 Å². The summed E-state index contributed by atoms with van der Waals surface area (Å²) in [7, 11) is 1.67. The minimum Gasteiger partial charge on any atom is -0.320 e. The number of rotatable bonds is 8. The molecule has 1 aliphatic rings. The number of amides is 1. The normalized spacial score (nSPS) is 14.1. The zero-order valence-corrected chi connectivity index (χ0v) is 20.9. The lowest BCUT2D eigenvalue weighted by Gasteiger charge is -2.19. The summed E-state index contributed by atoms with van der Waals surface area (Å²) in [6.07, 6.45) is 3.89. The molecule has 1 heterocycles. The molecule has 0 saturated heterocycles. The average molecular weight is 508 g/mol. The van der Waals surface area contributed by atoms with Crippen molar-refractivity contribution in [2.75, 3.05) is 12.4 Å². The third-order valence-corrected chi connectivity index (χ3v) is 6.97. The number of hydrogen-bond acceptors (Lipinski definition) is 4. The monoisotopic (exact) mass is 507 g/mol. The molecule has 0 fully saturated rings. The standard InChI is InChI=1S/C28H27F2N3O2S/c1-18(31-2)27(34)32-25-14-15-26(20-6-8-21(29)9-7-20)33(28(25)35)17-19-4-3-5-24(16-19)36-23-12-10-22(30)11-13-23/h3-6,8,10-16,18,31H,7,9,17H2,1-2H3,(H,32,34)/t18-/m0/s1. The van der Waals surface area contributed by atoms with Crippen molar-refractivity contribution in [1.82, 2.24) is 9.88 Å². The first kappa shape index (κ1) is 25.6. The van der Waals surface area contributed by atoms with E-state index in [1.54, 1.807) is 48.9 Å². The SMILES string of the molecule is CN[C@@H](C)C(=O)Nc1ccc(C2=CC=C(F)CC2)n(Cc2cccc(Sc3ccc(F)cc3)c2)c1=O. The summed E-state index contributed by atoms with van der Waals surface area (Å²) in [5.74, 6) is -0.792. The van der Waals surface area contributed by atoms with Crippen molar-refractivity contribution in [3.63, 3.8) is 0 Å². The van der Waals surface area contributed by atoms with Crippen LogP contribution in [0, 0.1) is 5.82 Å². The molecule has 3 aromatic rings. The fraction of sp³-hybridized carbons (Fsp3) is 0.214. The summed E-state index contributed by atoms with van der Waals surface area (Å²) in [5, 5.41) is 5.57. The lowest BCUT2D eigenvalue weighted by Crippen LogP contribution is -2.38. The van der Waals surface area contributed by atoms with Gasteiger partial charge in [-0.3, -0.25) is 9.59 Å². The number of carbonyl (C=O) groups excluding carboxylic acids is 1. The Kier molecular flexibility index (Phi) is 8.18. The molecule has 1 atom stereocenters. The van der Waals surface area contributed by atoms with Gasteiger partial charge in [0, 0.05) is 21.9 Å². The molecule has 186 valence electrons. The largest absolute Gasteiger partial charge is 0.320 e. The maximum atomic E-state index is 13.6. The first-order chi connectivity index (χ1) is 17.3. The Bertz CT molecular complexity index is 1380. The van der Waals surface area contributed by atoms with Gasteiger partial charge in [-0.15, -0.1) is 0 Å². The van der Waals surface area contributed by atoms with Gasteiger partial charge in [0.25, 0.3) is 5.56 Å². The summed E-state index contributed by atoms with van der Waals surface area (Å²) in [6.45, 7) is 1.97. The van der Waals surface area contributed by atoms with Crippen LogP contribution in [0.3, 0.4) is 0 Å². The number of benzene rings is 2. The molecule has 1 aliphatic carbocycles. The van der Waals surface area contributed by atoms with Gasteiger partial charge in [-0.05, 0) is 86.1 Å². The molecule has 0 radical (unpaired) electrons. The number of aromatic nitrogens is 1. The molecule has 5 nitrogen and oxygen atoms in total. The highest BCUT2D eigenvalue weighted by Crippen LogP contribution is 2.30. The van der Waals surface area contributed by atoms with E-state index in [0.717, 1.165) is 20.9 Å². The van der Waals surface area contributed by atoms with E-state index in [1.165, 1.54) is 30.0 Å². The second-order valence-corrected chi connectivity index (χ2v) is 9.68. The first-order valence-corrected chi connectivity index (χ1v) is 12.5. The minimum atomic E-state index is -0.466. The van der Waals surface area contributed by atoms with Gasteiger partial charge >= 0.3 is 0 Å². The summed E-state index contributed by atoms with van der Waals surface area (Å²) < 4.78 is 28.5. The smallest absolute Gasteiger partial charge is 0.275 e. The van der Waals surface area contributed by atoms with Gasteiger partial charge in [0.15, 0.2) is 0 Å². The zero-order valence-electron chi connectivity index (χ0n) is 20.1. The van der Waals surface area contributed by atoms with Crippen LogP contribution in [0.15, 0.2) is 93.2 Å². The second-order valence-electron chi connectivity index (χ2n) is 8.53. The summed E-state index contributed by atoms with van der Waals surface area (Å²) in [4.78, 5) is 27.8. The number of nitrogens with one attached hydrogen (secondary N) is 2. The van der Waals surface area contributed by atoms with Crippen LogP contribution < -0.4 is 16.2 Å². The van der Waals surface area contributed by atoms with Crippen LogP contribution in [-0.4, -0.2) is 23.6 Å². The number of likely N-dealkylation sites (N-methyl/N-ethyl adjacent to an activating group) is 1. The Morgan fingerprint density at radius 1 is 1.03 bits per heavy atom. The van der Waals surface area contributed by atoms with Crippen LogP contribution in [0.5, 0.6) is 0 Å². The number of carbonyl (C=O) groups is 1. The van der Waals surface area contributed by atoms with E-state index in [2.05, 4.69) is 10.6 Å². The van der Waals surface area contributed by atoms with Gasteiger partial charge in [0.05, 0.1) is 12.6 Å². The summed E-state index contributed by atoms with van der Waals surface area (Å²) in [5.41, 5.74) is 2.26. The molecular formula is C28H27F2N3O2S. The van der Waals surface area contributed by atoms with Gasteiger partial charge < -0.3 is 15.2 Å². The molecule has 4 rings (SSSR count). The molecule has 0 saturated carbocycles. The van der Waals surface area contributed by atoms with Crippen LogP contribution in [0.4, 0.5) is 14.5 Å². The number of anilines is 1. The first-order valence-electron chi connectivity index (χ1n) is 11.6. The van der Waals surface area contributed by atoms with Crippen molar-refractivity contribution >= 4 is 28.9 Å².